The minimum absolute atomic E-state index is 0.129. The van der Waals surface area contributed by atoms with E-state index in [9.17, 15) is 4.79 Å². The van der Waals surface area contributed by atoms with Crippen molar-refractivity contribution in [3.63, 3.8) is 0 Å². The zero-order valence-corrected chi connectivity index (χ0v) is 22.6. The summed E-state index contributed by atoms with van der Waals surface area (Å²) in [6, 6.07) is 15.9. The number of rotatable bonds is 6. The molecule has 0 radical (unpaired) electrons. The molecule has 7 rings (SSSR count). The van der Waals surface area contributed by atoms with Gasteiger partial charge in [-0.15, -0.1) is 5.10 Å². The van der Waals surface area contributed by atoms with Gasteiger partial charge in [-0.3, -0.25) is 9.69 Å². The maximum Gasteiger partial charge on any atom is 0.253 e. The minimum atomic E-state index is -0.353. The van der Waals surface area contributed by atoms with E-state index in [2.05, 4.69) is 48.5 Å². The van der Waals surface area contributed by atoms with Crippen molar-refractivity contribution in [1.29, 1.82) is 0 Å². The summed E-state index contributed by atoms with van der Waals surface area (Å²) < 4.78 is 8.54. The van der Waals surface area contributed by atoms with Crippen molar-refractivity contribution in [3.8, 4) is 5.75 Å². The highest BCUT2D eigenvalue weighted by atomic mass is 32.1. The van der Waals surface area contributed by atoms with Crippen LogP contribution in [-0.4, -0.2) is 68.4 Å². The van der Waals surface area contributed by atoms with Gasteiger partial charge in [0.05, 0.1) is 28.9 Å². The Balaban J connectivity index is 1.25. The number of anilines is 1. The zero-order valence-electron chi connectivity index (χ0n) is 21.8. The number of aromatic nitrogens is 6. The van der Waals surface area contributed by atoms with E-state index in [-0.39, 0.29) is 17.6 Å². The lowest BCUT2D eigenvalue weighted by Gasteiger charge is -2.38. The molecule has 0 amide bonds. The smallest absolute Gasteiger partial charge is 0.253 e. The van der Waals surface area contributed by atoms with Crippen LogP contribution in [0.5, 0.6) is 5.75 Å². The average molecular weight is 543 g/mol. The lowest BCUT2D eigenvalue weighted by atomic mass is 10.0. The number of tetrazole rings is 1. The van der Waals surface area contributed by atoms with Crippen molar-refractivity contribution >= 4 is 37.6 Å². The molecular weight excluding hydrogens is 512 g/mol. The van der Waals surface area contributed by atoms with Crippen molar-refractivity contribution in [3.05, 3.63) is 70.3 Å². The number of hydrogen-bond donors (Lipinski definition) is 1. The van der Waals surface area contributed by atoms with E-state index in [1.807, 2.05) is 35.0 Å². The number of pyridine rings is 1. The molecule has 3 aromatic heterocycles. The van der Waals surface area contributed by atoms with Crippen LogP contribution in [0.15, 0.2) is 53.3 Å². The third kappa shape index (κ3) is 4.45. The van der Waals surface area contributed by atoms with Gasteiger partial charge in [-0.2, -0.15) is 0 Å². The normalized spacial score (nSPS) is 17.8. The van der Waals surface area contributed by atoms with Gasteiger partial charge >= 0.3 is 0 Å². The molecule has 10 nitrogen and oxygen atoms in total. The first-order valence-electron chi connectivity index (χ1n) is 13.5. The Morgan fingerprint density at radius 1 is 1.05 bits per heavy atom. The number of methoxy groups -OCH3 is 1. The molecule has 1 saturated heterocycles. The molecule has 39 heavy (non-hydrogen) atoms. The van der Waals surface area contributed by atoms with Gasteiger partial charge in [-0.05, 0) is 59.0 Å². The zero-order chi connectivity index (χ0) is 26.3. The van der Waals surface area contributed by atoms with E-state index >= 15 is 0 Å². The Morgan fingerprint density at radius 3 is 2.67 bits per heavy atom. The molecule has 0 spiro atoms. The van der Waals surface area contributed by atoms with Gasteiger partial charge in [-0.25, -0.2) is 9.67 Å². The highest BCUT2D eigenvalue weighted by Gasteiger charge is 2.35. The number of nitrogens with one attached hydrogen (secondary N) is 1. The van der Waals surface area contributed by atoms with Gasteiger partial charge < -0.3 is 14.6 Å². The number of ether oxygens (including phenoxy) is 1. The van der Waals surface area contributed by atoms with E-state index in [0.717, 1.165) is 66.4 Å². The molecule has 1 aliphatic heterocycles. The van der Waals surface area contributed by atoms with Crippen LogP contribution in [0, 0.1) is 0 Å². The molecule has 1 aliphatic carbocycles. The second-order valence-electron chi connectivity index (χ2n) is 10.3. The topological polar surface area (TPSA) is 105 Å². The van der Waals surface area contributed by atoms with Crippen LogP contribution in [0.1, 0.15) is 49.2 Å². The van der Waals surface area contributed by atoms with Gasteiger partial charge in [0.25, 0.3) is 5.56 Å². The predicted octanol–water partition coefficient (Wildman–Crippen LogP) is 4.16. The Morgan fingerprint density at radius 2 is 1.87 bits per heavy atom. The fourth-order valence-electron chi connectivity index (χ4n) is 5.98. The summed E-state index contributed by atoms with van der Waals surface area (Å²) in [5.41, 5.74) is 2.32. The number of thiazole rings is 1. The summed E-state index contributed by atoms with van der Waals surface area (Å²) in [5.74, 6) is 1.45. The highest BCUT2D eigenvalue weighted by Crippen LogP contribution is 2.35. The van der Waals surface area contributed by atoms with E-state index in [0.29, 0.717) is 11.3 Å². The van der Waals surface area contributed by atoms with E-state index in [1.165, 1.54) is 17.5 Å². The van der Waals surface area contributed by atoms with Crippen LogP contribution in [0.2, 0.25) is 0 Å². The fourth-order valence-corrected chi connectivity index (χ4v) is 7.00. The molecule has 200 valence electrons. The van der Waals surface area contributed by atoms with Crippen molar-refractivity contribution in [2.24, 2.45) is 0 Å². The molecule has 0 unspecified atom stereocenters. The van der Waals surface area contributed by atoms with Crippen LogP contribution >= 0.6 is 11.3 Å². The van der Waals surface area contributed by atoms with E-state index in [1.54, 1.807) is 18.4 Å². The third-order valence-electron chi connectivity index (χ3n) is 8.04. The number of benzene rings is 2. The molecule has 2 aliphatic rings. The van der Waals surface area contributed by atoms with E-state index < -0.39 is 0 Å². The van der Waals surface area contributed by atoms with Crippen LogP contribution < -0.4 is 15.2 Å². The van der Waals surface area contributed by atoms with Gasteiger partial charge in [0.1, 0.15) is 11.8 Å². The number of nitrogens with zero attached hydrogens (tertiary/aromatic N) is 7. The maximum atomic E-state index is 13.6. The Bertz CT molecular complexity index is 1650. The number of para-hydroxylation sites is 1. The molecule has 0 bridgehead atoms. The largest absolute Gasteiger partial charge is 0.497 e. The van der Waals surface area contributed by atoms with Crippen LogP contribution in [-0.2, 0) is 0 Å². The molecule has 2 aromatic carbocycles. The Hall–Kier alpha value is -3.83. The third-order valence-corrected chi connectivity index (χ3v) is 9.14. The Labute approximate surface area is 229 Å². The summed E-state index contributed by atoms with van der Waals surface area (Å²) >= 11 is 1.73. The molecule has 2 fully saturated rings. The van der Waals surface area contributed by atoms with Crippen LogP contribution in [0.3, 0.4) is 0 Å². The number of aromatic amines is 1. The minimum Gasteiger partial charge on any atom is -0.497 e. The molecule has 11 heteroatoms. The molecule has 1 saturated carbocycles. The van der Waals surface area contributed by atoms with Gasteiger partial charge in [0.15, 0.2) is 11.0 Å². The number of H-pyrrole nitrogens is 1. The van der Waals surface area contributed by atoms with Crippen molar-refractivity contribution in [1.82, 2.24) is 35.1 Å². The lowest BCUT2D eigenvalue weighted by Crippen LogP contribution is -2.49. The quantitative estimate of drug-likeness (QED) is 0.341. The van der Waals surface area contributed by atoms with Crippen LogP contribution in [0.25, 0.3) is 21.1 Å². The number of fused-ring (bicyclic) bond motifs is 2. The Kier molecular flexibility index (Phi) is 6.24. The average Bonchev–Trinajstić information content (AvgIpc) is 3.74. The van der Waals surface area contributed by atoms with Crippen molar-refractivity contribution < 1.29 is 4.74 Å². The maximum absolute atomic E-state index is 13.6. The van der Waals surface area contributed by atoms with Gasteiger partial charge in [0.2, 0.25) is 0 Å². The summed E-state index contributed by atoms with van der Waals surface area (Å²) in [5, 5.41) is 15.0. The monoisotopic (exact) mass is 542 g/mol. The summed E-state index contributed by atoms with van der Waals surface area (Å²) in [6.07, 6.45) is 4.47. The van der Waals surface area contributed by atoms with E-state index in [4.69, 9.17) is 9.72 Å². The summed E-state index contributed by atoms with van der Waals surface area (Å²) in [6.45, 7) is 3.14. The molecule has 1 N–H and O–H groups in total. The first-order chi connectivity index (χ1) is 19.2. The number of hydrogen-bond acceptors (Lipinski definition) is 9. The second-order valence-corrected chi connectivity index (χ2v) is 11.3. The highest BCUT2D eigenvalue weighted by molar-refractivity contribution is 7.22. The molecule has 4 heterocycles. The first-order valence-corrected chi connectivity index (χ1v) is 14.3. The summed E-state index contributed by atoms with van der Waals surface area (Å²) in [4.78, 5) is 26.3. The predicted molar refractivity (Wildman–Crippen MR) is 152 cm³/mol. The molecular formula is C28H30N8O2S. The number of piperazine rings is 1. The lowest BCUT2D eigenvalue weighted by molar-refractivity contribution is 0.197. The van der Waals surface area contributed by atoms with Gasteiger partial charge in [-0.1, -0.05) is 36.3 Å². The standard InChI is InChI=1S/C28H30N8O2S/c1-38-20-11-10-18-16-21(27(37)29-23(18)17-20)25(26-31-32-33-36(26)19-6-2-3-7-19)34-12-14-35(15-13-34)28-30-22-8-4-5-9-24(22)39-28/h4-5,8-11,16-17,19,25H,2-3,6-7,12-15H2,1H3,(H,29,37)/t25-/m0/s1. The van der Waals surface area contributed by atoms with Crippen LogP contribution in [0.4, 0.5) is 5.13 Å². The SMILES string of the molecule is COc1ccc2cc([C@@H](c3nnnn3C3CCCC3)N3CCN(c4nc5ccccc5s4)CC3)c(=O)[nH]c2c1. The van der Waals surface area contributed by atoms with Crippen molar-refractivity contribution in [2.75, 3.05) is 38.2 Å². The second kappa shape index (κ2) is 10.0. The summed E-state index contributed by atoms with van der Waals surface area (Å²) in [7, 11) is 1.63. The molecule has 1 atom stereocenters. The fraction of sp³-hybridized carbons (Fsp3) is 0.393. The van der Waals surface area contributed by atoms with Crippen molar-refractivity contribution in [2.45, 2.75) is 37.8 Å². The van der Waals surface area contributed by atoms with Gasteiger partial charge in [0, 0.05) is 37.8 Å². The first kappa shape index (κ1) is 24.2. The molecule has 5 aromatic rings.